The number of benzene rings is 1. The lowest BCUT2D eigenvalue weighted by Crippen LogP contribution is -2.19. The number of aryl methyl sites for hydroxylation is 2. The van der Waals surface area contributed by atoms with Gasteiger partial charge in [0.25, 0.3) is 0 Å². The summed E-state index contributed by atoms with van der Waals surface area (Å²) < 4.78 is 5.31. The van der Waals surface area contributed by atoms with Crippen LogP contribution in [0.2, 0.25) is 0 Å². The monoisotopic (exact) mass is 256 g/mol. The minimum Gasteiger partial charge on any atom is -0.496 e. The number of pyridine rings is 1. The summed E-state index contributed by atoms with van der Waals surface area (Å²) >= 11 is 0. The number of nitrogens with zero attached hydrogens (tertiary/aromatic N) is 1. The molecule has 0 aliphatic heterocycles. The first-order valence-electron chi connectivity index (χ1n) is 6.39. The highest BCUT2D eigenvalue weighted by molar-refractivity contribution is 5.41. The fourth-order valence-corrected chi connectivity index (χ4v) is 2.36. The maximum atomic E-state index is 5.31. The van der Waals surface area contributed by atoms with Crippen molar-refractivity contribution in [3.05, 3.63) is 58.9 Å². The summed E-state index contributed by atoms with van der Waals surface area (Å²) in [5, 5.41) is 3.36. The van der Waals surface area contributed by atoms with Crippen molar-refractivity contribution in [1.29, 1.82) is 0 Å². The molecule has 1 unspecified atom stereocenters. The second kappa shape index (κ2) is 5.85. The van der Waals surface area contributed by atoms with Crippen LogP contribution in [-0.4, -0.2) is 19.1 Å². The summed E-state index contributed by atoms with van der Waals surface area (Å²) in [6, 6.07) is 8.46. The molecular weight excluding hydrogens is 236 g/mol. The maximum absolute atomic E-state index is 5.31. The zero-order valence-electron chi connectivity index (χ0n) is 11.9. The van der Waals surface area contributed by atoms with Crippen molar-refractivity contribution in [3.63, 3.8) is 0 Å². The highest BCUT2D eigenvalue weighted by Gasteiger charge is 2.15. The average Bonchev–Trinajstić information content (AvgIpc) is 2.42. The van der Waals surface area contributed by atoms with Crippen LogP contribution in [0.1, 0.15) is 28.3 Å². The standard InChI is InChI=1S/C16H20N2O/c1-11-7-8-18-10-14(11)16(17-3)13-5-6-15(19-4)12(2)9-13/h5-10,16-17H,1-4H3. The number of methoxy groups -OCH3 is 1. The summed E-state index contributed by atoms with van der Waals surface area (Å²) in [6.45, 7) is 4.17. The van der Waals surface area contributed by atoms with Crippen LogP contribution in [0.3, 0.4) is 0 Å². The fraction of sp³-hybridized carbons (Fsp3) is 0.312. The van der Waals surface area contributed by atoms with E-state index in [-0.39, 0.29) is 6.04 Å². The third-order valence-corrected chi connectivity index (χ3v) is 3.43. The molecule has 0 bridgehead atoms. The van der Waals surface area contributed by atoms with Crippen molar-refractivity contribution in [2.75, 3.05) is 14.2 Å². The Bertz CT molecular complexity index is 566. The topological polar surface area (TPSA) is 34.1 Å². The predicted octanol–water partition coefficient (Wildman–Crippen LogP) is 3.02. The molecule has 1 atom stereocenters. The lowest BCUT2D eigenvalue weighted by Gasteiger charge is -2.20. The van der Waals surface area contributed by atoms with E-state index in [4.69, 9.17) is 4.74 Å². The SMILES string of the molecule is CNC(c1ccc(OC)c(C)c1)c1cnccc1C. The second-order valence-corrected chi connectivity index (χ2v) is 4.68. The van der Waals surface area contributed by atoms with Gasteiger partial charge in [0.05, 0.1) is 13.2 Å². The van der Waals surface area contributed by atoms with Crippen molar-refractivity contribution >= 4 is 0 Å². The van der Waals surface area contributed by atoms with E-state index in [0.717, 1.165) is 11.3 Å². The zero-order valence-corrected chi connectivity index (χ0v) is 11.9. The lowest BCUT2D eigenvalue weighted by molar-refractivity contribution is 0.411. The Labute approximate surface area is 114 Å². The highest BCUT2D eigenvalue weighted by Crippen LogP contribution is 2.27. The molecule has 0 aliphatic carbocycles. The van der Waals surface area contributed by atoms with Crippen molar-refractivity contribution in [2.45, 2.75) is 19.9 Å². The van der Waals surface area contributed by atoms with Gasteiger partial charge in [-0.15, -0.1) is 0 Å². The van der Waals surface area contributed by atoms with Crippen LogP contribution in [-0.2, 0) is 0 Å². The molecule has 19 heavy (non-hydrogen) atoms. The molecule has 2 aromatic rings. The third kappa shape index (κ3) is 2.76. The van der Waals surface area contributed by atoms with Crippen LogP contribution >= 0.6 is 0 Å². The normalized spacial score (nSPS) is 12.2. The third-order valence-electron chi connectivity index (χ3n) is 3.43. The number of hydrogen-bond donors (Lipinski definition) is 1. The Morgan fingerprint density at radius 2 is 1.95 bits per heavy atom. The first kappa shape index (κ1) is 13.6. The molecule has 1 N–H and O–H groups in total. The van der Waals surface area contributed by atoms with Gasteiger partial charge in [-0.25, -0.2) is 0 Å². The lowest BCUT2D eigenvalue weighted by atomic mass is 9.95. The average molecular weight is 256 g/mol. The van der Waals surface area contributed by atoms with Crippen LogP contribution in [0.4, 0.5) is 0 Å². The Morgan fingerprint density at radius 3 is 2.53 bits per heavy atom. The molecule has 0 radical (unpaired) electrons. The summed E-state index contributed by atoms with van der Waals surface area (Å²) in [7, 11) is 3.67. The quantitative estimate of drug-likeness (QED) is 0.913. The van der Waals surface area contributed by atoms with Gasteiger partial charge in [0, 0.05) is 12.4 Å². The molecule has 0 fully saturated rings. The minimum atomic E-state index is 0.151. The number of hydrogen-bond acceptors (Lipinski definition) is 3. The van der Waals surface area contributed by atoms with E-state index in [1.54, 1.807) is 7.11 Å². The molecule has 3 nitrogen and oxygen atoms in total. The Kier molecular flexibility index (Phi) is 4.17. The highest BCUT2D eigenvalue weighted by atomic mass is 16.5. The van der Waals surface area contributed by atoms with Crippen LogP contribution in [0, 0.1) is 13.8 Å². The Balaban J connectivity index is 2.43. The van der Waals surface area contributed by atoms with Crippen LogP contribution in [0.25, 0.3) is 0 Å². The molecule has 0 saturated carbocycles. The summed E-state index contributed by atoms with van der Waals surface area (Å²) in [6.07, 6.45) is 3.75. The van der Waals surface area contributed by atoms with Gasteiger partial charge in [0.1, 0.15) is 5.75 Å². The van der Waals surface area contributed by atoms with Crippen LogP contribution in [0.15, 0.2) is 36.7 Å². The zero-order chi connectivity index (χ0) is 13.8. The molecule has 0 saturated heterocycles. The predicted molar refractivity (Wildman–Crippen MR) is 77.6 cm³/mol. The molecule has 1 heterocycles. The van der Waals surface area contributed by atoms with Gasteiger partial charge in [-0.3, -0.25) is 4.98 Å². The first-order valence-corrected chi connectivity index (χ1v) is 6.39. The molecule has 0 aliphatic rings. The van der Waals surface area contributed by atoms with Crippen LogP contribution < -0.4 is 10.1 Å². The molecule has 0 amide bonds. The fourth-order valence-electron chi connectivity index (χ4n) is 2.36. The van der Waals surface area contributed by atoms with Gasteiger partial charge in [0.2, 0.25) is 0 Å². The molecule has 100 valence electrons. The van der Waals surface area contributed by atoms with Crippen molar-refractivity contribution in [1.82, 2.24) is 10.3 Å². The van der Waals surface area contributed by atoms with E-state index in [2.05, 4.69) is 36.3 Å². The first-order chi connectivity index (χ1) is 9.17. The Morgan fingerprint density at radius 1 is 1.16 bits per heavy atom. The van der Waals surface area contributed by atoms with E-state index in [9.17, 15) is 0 Å². The van der Waals surface area contributed by atoms with E-state index in [1.165, 1.54) is 16.7 Å². The molecular formula is C16H20N2O. The molecule has 1 aromatic carbocycles. The van der Waals surface area contributed by atoms with Gasteiger partial charge in [0.15, 0.2) is 0 Å². The van der Waals surface area contributed by atoms with E-state index in [1.807, 2.05) is 31.6 Å². The van der Waals surface area contributed by atoms with Crippen molar-refractivity contribution < 1.29 is 4.74 Å². The largest absolute Gasteiger partial charge is 0.496 e. The number of ether oxygens (including phenoxy) is 1. The molecule has 2 rings (SSSR count). The number of aromatic nitrogens is 1. The van der Waals surface area contributed by atoms with Gasteiger partial charge >= 0.3 is 0 Å². The van der Waals surface area contributed by atoms with E-state index >= 15 is 0 Å². The second-order valence-electron chi connectivity index (χ2n) is 4.68. The summed E-state index contributed by atoms with van der Waals surface area (Å²) in [5.74, 6) is 0.918. The summed E-state index contributed by atoms with van der Waals surface area (Å²) in [5.41, 5.74) is 4.80. The van der Waals surface area contributed by atoms with E-state index < -0.39 is 0 Å². The maximum Gasteiger partial charge on any atom is 0.121 e. The molecule has 0 spiro atoms. The number of nitrogens with one attached hydrogen (secondary N) is 1. The van der Waals surface area contributed by atoms with Gasteiger partial charge in [-0.05, 0) is 55.3 Å². The minimum absolute atomic E-state index is 0.151. The van der Waals surface area contributed by atoms with Crippen molar-refractivity contribution in [2.24, 2.45) is 0 Å². The van der Waals surface area contributed by atoms with Crippen molar-refractivity contribution in [3.8, 4) is 5.75 Å². The van der Waals surface area contributed by atoms with Crippen LogP contribution in [0.5, 0.6) is 5.75 Å². The Hall–Kier alpha value is -1.87. The van der Waals surface area contributed by atoms with E-state index in [0.29, 0.717) is 0 Å². The van der Waals surface area contributed by atoms with Gasteiger partial charge in [-0.2, -0.15) is 0 Å². The molecule has 1 aromatic heterocycles. The summed E-state index contributed by atoms with van der Waals surface area (Å²) in [4.78, 5) is 4.23. The van der Waals surface area contributed by atoms with Gasteiger partial charge in [-0.1, -0.05) is 12.1 Å². The smallest absolute Gasteiger partial charge is 0.121 e. The van der Waals surface area contributed by atoms with Gasteiger partial charge < -0.3 is 10.1 Å². The molecule has 3 heteroatoms. The number of rotatable bonds is 4.